The number of carbonyl (C=O) groups excluding carboxylic acids is 1. The molecule has 0 aromatic heterocycles. The molecule has 2 aromatic rings. The number of aromatic hydroxyl groups is 1. The van der Waals surface area contributed by atoms with Gasteiger partial charge in [-0.1, -0.05) is 24.3 Å². The van der Waals surface area contributed by atoms with Crippen LogP contribution in [0.3, 0.4) is 0 Å². The van der Waals surface area contributed by atoms with Crippen LogP contribution in [0.1, 0.15) is 22.8 Å². The third-order valence-corrected chi connectivity index (χ3v) is 2.56. The lowest BCUT2D eigenvalue weighted by molar-refractivity contribution is 0.101. The summed E-state index contributed by atoms with van der Waals surface area (Å²) < 4.78 is 0. The first-order valence-electron chi connectivity index (χ1n) is 5.60. The topological polar surface area (TPSA) is 49.7 Å². The fraction of sp³-hybridized carbons (Fsp3) is 0.0667. The van der Waals surface area contributed by atoms with Gasteiger partial charge in [-0.15, -0.1) is 0 Å². The number of para-hydroxylation sites is 2. The number of phenolic OH excluding ortho intramolecular Hbond substituents is 1. The molecule has 3 heteroatoms. The predicted molar refractivity (Wildman–Crippen MR) is 71.8 cm³/mol. The van der Waals surface area contributed by atoms with E-state index >= 15 is 0 Å². The summed E-state index contributed by atoms with van der Waals surface area (Å²) in [7, 11) is 0. The van der Waals surface area contributed by atoms with Crippen molar-refractivity contribution in [3.63, 3.8) is 0 Å². The van der Waals surface area contributed by atoms with Crippen LogP contribution in [-0.2, 0) is 0 Å². The molecule has 1 N–H and O–H groups in total. The Morgan fingerprint density at radius 1 is 1.11 bits per heavy atom. The van der Waals surface area contributed by atoms with Crippen molar-refractivity contribution in [3.05, 3.63) is 59.7 Å². The molecule has 0 bridgehead atoms. The van der Waals surface area contributed by atoms with Gasteiger partial charge in [-0.3, -0.25) is 9.79 Å². The number of Topliss-reactive ketones (excluding diaryl/α,β-unsaturated/α-hetero) is 1. The van der Waals surface area contributed by atoms with Crippen LogP contribution in [0.25, 0.3) is 0 Å². The van der Waals surface area contributed by atoms with Gasteiger partial charge < -0.3 is 5.11 Å². The molecule has 0 aliphatic heterocycles. The van der Waals surface area contributed by atoms with Crippen LogP contribution in [0.5, 0.6) is 5.75 Å². The standard InChI is InChI=1S/C15H13NO2/c1-11(17)14-9-5-6-12(15(14)18)10-16-13-7-3-2-4-8-13/h2-10,18H,1H3/b16-10+. The number of aliphatic imine (C=N–C) groups is 1. The van der Waals surface area contributed by atoms with Gasteiger partial charge in [-0.25, -0.2) is 0 Å². The summed E-state index contributed by atoms with van der Waals surface area (Å²) in [5.41, 5.74) is 1.64. The molecule has 2 rings (SSSR count). The normalized spacial score (nSPS) is 10.7. The maximum Gasteiger partial charge on any atom is 0.163 e. The lowest BCUT2D eigenvalue weighted by Crippen LogP contribution is -1.95. The molecule has 2 aromatic carbocycles. The number of carbonyl (C=O) groups is 1. The molecule has 3 nitrogen and oxygen atoms in total. The first-order valence-corrected chi connectivity index (χ1v) is 5.60. The number of ketones is 1. The second-order valence-corrected chi connectivity index (χ2v) is 3.89. The second kappa shape index (κ2) is 5.27. The van der Waals surface area contributed by atoms with Crippen molar-refractivity contribution < 1.29 is 9.90 Å². The number of nitrogens with zero attached hydrogens (tertiary/aromatic N) is 1. The molecule has 0 spiro atoms. The Labute approximate surface area is 105 Å². The van der Waals surface area contributed by atoms with Gasteiger partial charge in [0, 0.05) is 11.8 Å². The Kier molecular flexibility index (Phi) is 3.53. The average Bonchev–Trinajstić information content (AvgIpc) is 2.38. The highest BCUT2D eigenvalue weighted by atomic mass is 16.3. The van der Waals surface area contributed by atoms with E-state index in [4.69, 9.17) is 0 Å². The van der Waals surface area contributed by atoms with Gasteiger partial charge in [0.15, 0.2) is 5.78 Å². The number of phenols is 1. The third kappa shape index (κ3) is 2.63. The maximum absolute atomic E-state index is 11.3. The van der Waals surface area contributed by atoms with Gasteiger partial charge in [-0.05, 0) is 31.2 Å². The fourth-order valence-electron chi connectivity index (χ4n) is 1.61. The van der Waals surface area contributed by atoms with Crippen LogP contribution in [0.2, 0.25) is 0 Å². The molecular weight excluding hydrogens is 226 g/mol. The zero-order chi connectivity index (χ0) is 13.0. The van der Waals surface area contributed by atoms with E-state index in [1.165, 1.54) is 6.92 Å². The van der Waals surface area contributed by atoms with Crippen LogP contribution in [0, 0.1) is 0 Å². The minimum atomic E-state index is -0.164. The predicted octanol–water partition coefficient (Wildman–Crippen LogP) is 3.35. The van der Waals surface area contributed by atoms with Crippen LogP contribution < -0.4 is 0 Å². The third-order valence-electron chi connectivity index (χ3n) is 2.56. The van der Waals surface area contributed by atoms with Crippen molar-refractivity contribution in [2.45, 2.75) is 6.92 Å². The number of hydrogen-bond acceptors (Lipinski definition) is 3. The highest BCUT2D eigenvalue weighted by Crippen LogP contribution is 2.22. The van der Waals surface area contributed by atoms with E-state index in [1.54, 1.807) is 24.4 Å². The van der Waals surface area contributed by atoms with E-state index in [-0.39, 0.29) is 11.5 Å². The van der Waals surface area contributed by atoms with E-state index < -0.39 is 0 Å². The summed E-state index contributed by atoms with van der Waals surface area (Å²) in [5, 5.41) is 9.93. The van der Waals surface area contributed by atoms with Crippen LogP contribution in [0.15, 0.2) is 53.5 Å². The monoisotopic (exact) mass is 239 g/mol. The number of rotatable bonds is 3. The van der Waals surface area contributed by atoms with Crippen LogP contribution in [0.4, 0.5) is 5.69 Å². The maximum atomic E-state index is 11.3. The molecule has 18 heavy (non-hydrogen) atoms. The Hall–Kier alpha value is -2.42. The second-order valence-electron chi connectivity index (χ2n) is 3.89. The summed E-state index contributed by atoms with van der Waals surface area (Å²) in [6.07, 6.45) is 1.55. The van der Waals surface area contributed by atoms with Crippen LogP contribution >= 0.6 is 0 Å². The molecule has 0 aliphatic carbocycles. The summed E-state index contributed by atoms with van der Waals surface area (Å²) in [6, 6.07) is 14.4. The fourth-order valence-corrected chi connectivity index (χ4v) is 1.61. The van der Waals surface area contributed by atoms with Crippen molar-refractivity contribution in [2.75, 3.05) is 0 Å². The van der Waals surface area contributed by atoms with Crippen molar-refractivity contribution >= 4 is 17.7 Å². The smallest absolute Gasteiger partial charge is 0.163 e. The van der Waals surface area contributed by atoms with E-state index in [0.29, 0.717) is 11.1 Å². The van der Waals surface area contributed by atoms with Gasteiger partial charge in [0.25, 0.3) is 0 Å². The van der Waals surface area contributed by atoms with E-state index in [1.807, 2.05) is 30.3 Å². The van der Waals surface area contributed by atoms with Gasteiger partial charge in [0.05, 0.1) is 11.3 Å². The first kappa shape index (κ1) is 12.0. The molecule has 0 fully saturated rings. The zero-order valence-electron chi connectivity index (χ0n) is 10.00. The summed E-state index contributed by atoms with van der Waals surface area (Å²) in [4.78, 5) is 15.5. The lowest BCUT2D eigenvalue weighted by atomic mass is 10.1. The number of benzene rings is 2. The SMILES string of the molecule is CC(=O)c1cccc(/C=N/c2ccccc2)c1O. The number of hydrogen-bond donors (Lipinski definition) is 1. The summed E-state index contributed by atoms with van der Waals surface area (Å²) in [5.74, 6) is -0.188. The molecule has 0 unspecified atom stereocenters. The lowest BCUT2D eigenvalue weighted by Gasteiger charge is -2.03. The van der Waals surface area contributed by atoms with E-state index in [2.05, 4.69) is 4.99 Å². The average molecular weight is 239 g/mol. The van der Waals surface area contributed by atoms with E-state index in [0.717, 1.165) is 5.69 Å². The molecule has 0 amide bonds. The zero-order valence-corrected chi connectivity index (χ0v) is 10.00. The Morgan fingerprint density at radius 3 is 2.50 bits per heavy atom. The van der Waals surface area contributed by atoms with Gasteiger partial charge in [-0.2, -0.15) is 0 Å². The molecule has 0 saturated heterocycles. The van der Waals surface area contributed by atoms with Crippen LogP contribution in [-0.4, -0.2) is 17.1 Å². The van der Waals surface area contributed by atoms with Crippen molar-refractivity contribution in [2.24, 2.45) is 4.99 Å². The molecule has 0 heterocycles. The highest BCUT2D eigenvalue weighted by Gasteiger charge is 2.08. The quantitative estimate of drug-likeness (QED) is 0.659. The summed E-state index contributed by atoms with van der Waals surface area (Å²) in [6.45, 7) is 1.42. The van der Waals surface area contributed by atoms with Crippen molar-refractivity contribution in [1.29, 1.82) is 0 Å². The van der Waals surface area contributed by atoms with Gasteiger partial charge >= 0.3 is 0 Å². The Bertz CT molecular complexity index is 589. The Morgan fingerprint density at radius 2 is 1.83 bits per heavy atom. The van der Waals surface area contributed by atoms with Crippen molar-refractivity contribution in [3.8, 4) is 5.75 Å². The summed E-state index contributed by atoms with van der Waals surface area (Å²) >= 11 is 0. The first-order chi connectivity index (χ1) is 8.68. The minimum Gasteiger partial charge on any atom is -0.507 e. The molecular formula is C15H13NO2. The van der Waals surface area contributed by atoms with Gasteiger partial charge in [0.2, 0.25) is 0 Å². The molecule has 0 saturated carbocycles. The molecule has 0 atom stereocenters. The van der Waals surface area contributed by atoms with Gasteiger partial charge in [0.1, 0.15) is 5.75 Å². The highest BCUT2D eigenvalue weighted by molar-refractivity contribution is 6.00. The van der Waals surface area contributed by atoms with Crippen molar-refractivity contribution in [1.82, 2.24) is 0 Å². The minimum absolute atomic E-state index is 0.0234. The molecule has 0 aliphatic rings. The largest absolute Gasteiger partial charge is 0.507 e. The molecule has 0 radical (unpaired) electrons. The Balaban J connectivity index is 2.33. The van der Waals surface area contributed by atoms with E-state index in [9.17, 15) is 9.90 Å². The molecule has 90 valence electrons.